The van der Waals surface area contributed by atoms with Crippen LogP contribution in [0.15, 0.2) is 36.5 Å². The van der Waals surface area contributed by atoms with Crippen molar-refractivity contribution in [3.05, 3.63) is 52.2 Å². The average Bonchev–Trinajstić information content (AvgIpc) is 3.18. The molecule has 1 aromatic heterocycles. The topological polar surface area (TPSA) is 94.7 Å². The van der Waals surface area contributed by atoms with E-state index in [4.69, 9.17) is 9.47 Å². The van der Waals surface area contributed by atoms with Gasteiger partial charge in [0.15, 0.2) is 0 Å². The molecule has 1 saturated heterocycles. The van der Waals surface area contributed by atoms with Crippen molar-refractivity contribution in [1.82, 2.24) is 19.8 Å². The van der Waals surface area contributed by atoms with E-state index >= 15 is 0 Å². The number of aromatic nitrogens is 2. The second-order valence-electron chi connectivity index (χ2n) is 7.19. The summed E-state index contributed by atoms with van der Waals surface area (Å²) in [5.74, 6) is 0.579. The molecule has 3 heterocycles. The Balaban J connectivity index is 1.24. The molecule has 0 saturated carbocycles. The molecule has 2 aliphatic heterocycles. The minimum Gasteiger partial charge on any atom is -0.490 e. The van der Waals surface area contributed by atoms with Crippen LogP contribution in [0.4, 0.5) is 5.82 Å². The van der Waals surface area contributed by atoms with Crippen molar-refractivity contribution in [3.63, 3.8) is 0 Å². The van der Waals surface area contributed by atoms with Crippen LogP contribution in [0.3, 0.4) is 0 Å². The van der Waals surface area contributed by atoms with Gasteiger partial charge in [0.1, 0.15) is 24.7 Å². The van der Waals surface area contributed by atoms with E-state index in [1.807, 2.05) is 24.3 Å². The number of imidazole rings is 1. The van der Waals surface area contributed by atoms with Crippen molar-refractivity contribution in [2.45, 2.75) is 19.1 Å². The maximum atomic E-state index is 10.8. The van der Waals surface area contributed by atoms with Crippen LogP contribution in [0, 0.1) is 10.1 Å². The fraction of sp³-hybridized carbons (Fsp3) is 0.450. The summed E-state index contributed by atoms with van der Waals surface area (Å²) in [6.45, 7) is 6.27. The molecule has 0 unspecified atom stereocenters. The number of nitro groups is 1. The molecule has 9 heteroatoms. The van der Waals surface area contributed by atoms with Gasteiger partial charge < -0.3 is 24.9 Å². The first-order chi connectivity index (χ1) is 14.2. The fourth-order valence-electron chi connectivity index (χ4n) is 3.43. The summed E-state index contributed by atoms with van der Waals surface area (Å²) >= 11 is 0. The van der Waals surface area contributed by atoms with Crippen molar-refractivity contribution in [2.24, 2.45) is 0 Å². The minimum absolute atomic E-state index is 0.178. The number of hydrogen-bond donors (Lipinski definition) is 1. The number of nitrogens with one attached hydrogen (secondary N) is 1. The Bertz CT molecular complexity index is 858. The highest BCUT2D eigenvalue weighted by Gasteiger charge is 2.28. The zero-order chi connectivity index (χ0) is 20.1. The summed E-state index contributed by atoms with van der Waals surface area (Å²) in [6.07, 6.45) is 6.26. The highest BCUT2D eigenvalue weighted by atomic mass is 16.6. The van der Waals surface area contributed by atoms with Crippen LogP contribution in [0.25, 0.3) is 6.08 Å². The third kappa shape index (κ3) is 5.12. The maximum Gasteiger partial charge on any atom is 0.414 e. The lowest BCUT2D eigenvalue weighted by Gasteiger charge is -2.25. The fourth-order valence-corrected chi connectivity index (χ4v) is 3.43. The summed E-state index contributed by atoms with van der Waals surface area (Å²) in [5, 5.41) is 14.2. The minimum atomic E-state index is -0.514. The van der Waals surface area contributed by atoms with Gasteiger partial charge in [-0.05, 0) is 22.6 Å². The van der Waals surface area contributed by atoms with Crippen LogP contribution >= 0.6 is 0 Å². The molecule has 2 aliphatic rings. The van der Waals surface area contributed by atoms with E-state index in [0.29, 0.717) is 19.6 Å². The molecule has 0 radical (unpaired) electrons. The van der Waals surface area contributed by atoms with E-state index in [-0.39, 0.29) is 17.9 Å². The molecule has 0 aliphatic carbocycles. The normalized spacial score (nSPS) is 19.7. The maximum absolute atomic E-state index is 10.8. The number of piperazine rings is 1. The number of nitrogens with zero attached hydrogens (tertiary/aromatic N) is 4. The first-order valence-electron chi connectivity index (χ1n) is 9.88. The van der Waals surface area contributed by atoms with Crippen LogP contribution in [0.5, 0.6) is 11.8 Å². The molecule has 9 nitrogen and oxygen atoms in total. The lowest BCUT2D eigenvalue weighted by atomic mass is 10.2. The standard InChI is InChI=1S/C20H25N5O4/c26-25(27)19-14-24-11-7-18(29-20(24)22-19)15-28-17-5-3-16(4-6-17)2-1-10-23-12-8-21-9-13-23/h1-6,14,18,21H,7-13,15H2/t18-/m1/s1. The molecule has 2 aromatic rings. The highest BCUT2D eigenvalue weighted by molar-refractivity contribution is 5.50. The smallest absolute Gasteiger partial charge is 0.414 e. The van der Waals surface area contributed by atoms with Gasteiger partial charge >= 0.3 is 11.8 Å². The molecule has 0 amide bonds. The van der Waals surface area contributed by atoms with Gasteiger partial charge in [0.05, 0.1) is 0 Å². The molecule has 1 fully saturated rings. The first-order valence-corrected chi connectivity index (χ1v) is 9.88. The molecule has 1 N–H and O–H groups in total. The van der Waals surface area contributed by atoms with E-state index in [0.717, 1.165) is 44.0 Å². The van der Waals surface area contributed by atoms with Crippen molar-refractivity contribution >= 4 is 11.9 Å². The number of aryl methyl sites for hydroxylation is 1. The quantitative estimate of drug-likeness (QED) is 0.562. The lowest BCUT2D eigenvalue weighted by Crippen LogP contribution is -2.43. The van der Waals surface area contributed by atoms with Gasteiger partial charge in [0.25, 0.3) is 0 Å². The monoisotopic (exact) mass is 399 g/mol. The van der Waals surface area contributed by atoms with Crippen LogP contribution in [-0.4, -0.2) is 64.8 Å². The Morgan fingerprint density at radius 1 is 1.28 bits per heavy atom. The zero-order valence-corrected chi connectivity index (χ0v) is 16.2. The van der Waals surface area contributed by atoms with Crippen molar-refractivity contribution < 1.29 is 14.4 Å². The SMILES string of the molecule is O=[N+]([O-])c1cn2c(n1)O[C@@H](COc1ccc(C=CCN3CCNCC3)cc1)CC2. The first kappa shape index (κ1) is 19.4. The van der Waals surface area contributed by atoms with Gasteiger partial charge in [0.2, 0.25) is 0 Å². The number of fused-ring (bicyclic) bond motifs is 1. The predicted molar refractivity (Wildman–Crippen MR) is 108 cm³/mol. The van der Waals surface area contributed by atoms with Gasteiger partial charge in [-0.25, -0.2) is 0 Å². The summed E-state index contributed by atoms with van der Waals surface area (Å²) in [4.78, 5) is 16.6. The molecule has 0 spiro atoms. The molecule has 4 rings (SSSR count). The van der Waals surface area contributed by atoms with Crippen LogP contribution in [0.2, 0.25) is 0 Å². The van der Waals surface area contributed by atoms with E-state index in [1.54, 1.807) is 4.57 Å². The van der Waals surface area contributed by atoms with Gasteiger partial charge in [-0.2, -0.15) is 0 Å². The second kappa shape index (κ2) is 9.06. The summed E-state index contributed by atoms with van der Waals surface area (Å²) in [6, 6.07) is 8.22. The molecular formula is C20H25N5O4. The third-order valence-electron chi connectivity index (χ3n) is 5.08. The predicted octanol–water partition coefficient (Wildman–Crippen LogP) is 1.94. The third-order valence-corrected chi connectivity index (χ3v) is 5.08. The number of benzene rings is 1. The van der Waals surface area contributed by atoms with Gasteiger partial charge in [-0.1, -0.05) is 24.3 Å². The van der Waals surface area contributed by atoms with E-state index in [1.165, 1.54) is 6.20 Å². The molecule has 154 valence electrons. The van der Waals surface area contributed by atoms with Crippen LogP contribution < -0.4 is 14.8 Å². The lowest BCUT2D eigenvalue weighted by molar-refractivity contribution is -0.389. The molecule has 1 aromatic carbocycles. The van der Waals surface area contributed by atoms with Crippen LogP contribution in [-0.2, 0) is 6.54 Å². The zero-order valence-electron chi connectivity index (χ0n) is 16.2. The van der Waals surface area contributed by atoms with E-state index in [9.17, 15) is 10.1 Å². The summed E-state index contributed by atoms with van der Waals surface area (Å²) < 4.78 is 13.2. The second-order valence-corrected chi connectivity index (χ2v) is 7.19. The van der Waals surface area contributed by atoms with Crippen LogP contribution in [0.1, 0.15) is 12.0 Å². The number of ether oxygens (including phenoxy) is 2. The molecule has 1 atom stereocenters. The molecular weight excluding hydrogens is 374 g/mol. The van der Waals surface area contributed by atoms with Crippen molar-refractivity contribution in [2.75, 3.05) is 39.3 Å². The summed E-state index contributed by atoms with van der Waals surface area (Å²) in [5.41, 5.74) is 1.13. The number of rotatable bonds is 7. The van der Waals surface area contributed by atoms with Gasteiger partial charge in [-0.3, -0.25) is 9.47 Å². The average molecular weight is 399 g/mol. The Morgan fingerprint density at radius 2 is 2.07 bits per heavy atom. The highest BCUT2D eigenvalue weighted by Crippen LogP contribution is 2.24. The van der Waals surface area contributed by atoms with E-state index in [2.05, 4.69) is 27.4 Å². The van der Waals surface area contributed by atoms with Crippen molar-refractivity contribution in [3.8, 4) is 11.8 Å². The Kier molecular flexibility index (Phi) is 6.06. The van der Waals surface area contributed by atoms with E-state index < -0.39 is 4.92 Å². The molecule has 29 heavy (non-hydrogen) atoms. The molecule has 0 bridgehead atoms. The van der Waals surface area contributed by atoms with Crippen molar-refractivity contribution in [1.29, 1.82) is 0 Å². The van der Waals surface area contributed by atoms with Gasteiger partial charge in [0, 0.05) is 50.7 Å². The Labute approximate surface area is 169 Å². The largest absolute Gasteiger partial charge is 0.490 e. The Morgan fingerprint density at radius 3 is 2.83 bits per heavy atom. The Hall–Kier alpha value is -2.91. The number of hydrogen-bond acceptors (Lipinski definition) is 7. The summed E-state index contributed by atoms with van der Waals surface area (Å²) in [7, 11) is 0. The van der Waals surface area contributed by atoms with Gasteiger partial charge in [-0.15, -0.1) is 0 Å².